The minimum absolute atomic E-state index is 0.0451. The van der Waals surface area contributed by atoms with E-state index in [1.165, 1.54) is 25.1 Å². The van der Waals surface area contributed by atoms with Crippen LogP contribution in [0.25, 0.3) is 0 Å². The summed E-state index contributed by atoms with van der Waals surface area (Å²) in [7, 11) is 0. The van der Waals surface area contributed by atoms with E-state index >= 15 is 0 Å². The highest BCUT2D eigenvalue weighted by Crippen LogP contribution is 2.33. The Balaban J connectivity index is 2.26. The maximum Gasteiger partial charge on any atom is 0.163 e. The van der Waals surface area contributed by atoms with Gasteiger partial charge in [0.1, 0.15) is 18.1 Å². The molecule has 0 bridgehead atoms. The Morgan fingerprint density at radius 3 is 2.67 bits per heavy atom. The van der Waals surface area contributed by atoms with Crippen LogP contribution >= 0.6 is 0 Å². The summed E-state index contributed by atoms with van der Waals surface area (Å²) in [5, 5.41) is 10.3. The van der Waals surface area contributed by atoms with Crippen LogP contribution in [-0.4, -0.2) is 19.7 Å². The number of carbonyl (C=O) groups is 1. The Morgan fingerprint density at radius 2 is 2.04 bits per heavy atom. The molecular formula is C18H19O5S-. The van der Waals surface area contributed by atoms with E-state index in [9.17, 15) is 18.7 Å². The SMILES string of the molecule is CCCc1c(OCc2cccc(S(=O)[O-])c2)ccc(C(C)=O)c1O. The van der Waals surface area contributed by atoms with Crippen molar-refractivity contribution >= 4 is 16.9 Å². The first-order valence-electron chi connectivity index (χ1n) is 7.60. The molecule has 0 saturated heterocycles. The monoisotopic (exact) mass is 347 g/mol. The van der Waals surface area contributed by atoms with Gasteiger partial charge in [0.25, 0.3) is 0 Å². The van der Waals surface area contributed by atoms with Crippen LogP contribution in [0.4, 0.5) is 0 Å². The molecular weight excluding hydrogens is 328 g/mol. The van der Waals surface area contributed by atoms with Gasteiger partial charge in [0.05, 0.1) is 5.56 Å². The predicted octanol–water partition coefficient (Wildman–Crippen LogP) is 3.36. The number of hydrogen-bond donors (Lipinski definition) is 1. The van der Waals surface area contributed by atoms with Crippen molar-refractivity contribution < 1.29 is 23.4 Å². The van der Waals surface area contributed by atoms with E-state index < -0.39 is 11.1 Å². The van der Waals surface area contributed by atoms with Gasteiger partial charge in [0.15, 0.2) is 5.78 Å². The summed E-state index contributed by atoms with van der Waals surface area (Å²) in [6.07, 6.45) is 1.36. The summed E-state index contributed by atoms with van der Waals surface area (Å²) in [6, 6.07) is 9.65. The molecule has 0 heterocycles. The van der Waals surface area contributed by atoms with Crippen molar-refractivity contribution in [2.75, 3.05) is 0 Å². The summed E-state index contributed by atoms with van der Waals surface area (Å²) in [5.41, 5.74) is 1.57. The normalized spacial score (nSPS) is 12.0. The predicted molar refractivity (Wildman–Crippen MR) is 90.1 cm³/mol. The highest BCUT2D eigenvalue weighted by molar-refractivity contribution is 7.79. The molecule has 6 heteroatoms. The average molecular weight is 347 g/mol. The molecule has 0 aliphatic heterocycles. The Morgan fingerprint density at radius 1 is 1.29 bits per heavy atom. The second-order valence-corrected chi connectivity index (χ2v) is 6.36. The van der Waals surface area contributed by atoms with Crippen LogP contribution in [0.1, 0.15) is 41.8 Å². The van der Waals surface area contributed by atoms with Crippen LogP contribution in [0.15, 0.2) is 41.3 Å². The summed E-state index contributed by atoms with van der Waals surface area (Å²) in [5.74, 6) is 0.242. The number of Topliss-reactive ketones (excluding diaryl/α,β-unsaturated/α-hetero) is 1. The Labute approximate surface area is 143 Å². The maximum absolute atomic E-state index is 11.6. The zero-order valence-electron chi connectivity index (χ0n) is 13.6. The first-order chi connectivity index (χ1) is 11.4. The molecule has 1 unspecified atom stereocenters. The van der Waals surface area contributed by atoms with E-state index in [-0.39, 0.29) is 28.6 Å². The molecule has 0 saturated carbocycles. The van der Waals surface area contributed by atoms with Gasteiger partial charge in [-0.15, -0.1) is 0 Å². The number of hydrogen-bond acceptors (Lipinski definition) is 5. The zero-order chi connectivity index (χ0) is 17.7. The number of ether oxygens (including phenoxy) is 1. The standard InChI is InChI=1S/C18H20O5S/c1-3-5-16-17(9-8-15(12(2)19)18(16)20)23-11-13-6-4-7-14(10-13)24(21)22/h4,6-10,20H,3,5,11H2,1-2H3,(H,21,22)/p-1. The molecule has 128 valence electrons. The lowest BCUT2D eigenvalue weighted by atomic mass is 10.0. The molecule has 0 aromatic heterocycles. The van der Waals surface area contributed by atoms with E-state index in [1.54, 1.807) is 18.2 Å². The molecule has 2 aromatic carbocycles. The molecule has 1 N–H and O–H groups in total. The van der Waals surface area contributed by atoms with Crippen LogP contribution in [-0.2, 0) is 24.1 Å². The van der Waals surface area contributed by atoms with Gasteiger partial charge in [0.2, 0.25) is 0 Å². The minimum atomic E-state index is -2.29. The summed E-state index contributed by atoms with van der Waals surface area (Å²) in [4.78, 5) is 11.7. The summed E-state index contributed by atoms with van der Waals surface area (Å²) < 4.78 is 27.8. The number of rotatable bonds is 7. The minimum Gasteiger partial charge on any atom is -0.768 e. The largest absolute Gasteiger partial charge is 0.768 e. The Kier molecular flexibility index (Phi) is 6.11. The van der Waals surface area contributed by atoms with Gasteiger partial charge < -0.3 is 14.4 Å². The van der Waals surface area contributed by atoms with E-state index in [0.29, 0.717) is 23.3 Å². The lowest BCUT2D eigenvalue weighted by Gasteiger charge is -2.15. The Hall–Kier alpha value is -2.18. The number of aromatic hydroxyl groups is 1. The van der Waals surface area contributed by atoms with Gasteiger partial charge in [0, 0.05) is 10.5 Å². The quantitative estimate of drug-likeness (QED) is 0.613. The van der Waals surface area contributed by atoms with Crippen molar-refractivity contribution in [3.8, 4) is 11.5 Å². The summed E-state index contributed by atoms with van der Waals surface area (Å²) in [6.45, 7) is 3.54. The fourth-order valence-corrected chi connectivity index (χ4v) is 2.87. The van der Waals surface area contributed by atoms with Crippen molar-refractivity contribution in [3.05, 3.63) is 53.1 Å². The number of phenols is 1. The third kappa shape index (κ3) is 4.21. The zero-order valence-corrected chi connectivity index (χ0v) is 14.4. The molecule has 0 amide bonds. The van der Waals surface area contributed by atoms with Crippen molar-refractivity contribution in [3.63, 3.8) is 0 Å². The highest BCUT2D eigenvalue weighted by atomic mass is 32.2. The third-order valence-corrected chi connectivity index (χ3v) is 4.24. The van der Waals surface area contributed by atoms with Crippen molar-refractivity contribution in [1.29, 1.82) is 0 Å². The van der Waals surface area contributed by atoms with Gasteiger partial charge in [-0.2, -0.15) is 0 Å². The number of phenolic OH excluding ortho intramolecular Hbond substituents is 1. The fourth-order valence-electron chi connectivity index (χ4n) is 2.43. The van der Waals surface area contributed by atoms with Crippen molar-refractivity contribution in [2.45, 2.75) is 38.2 Å². The topological polar surface area (TPSA) is 86.7 Å². The molecule has 0 fully saturated rings. The maximum atomic E-state index is 11.6. The smallest absolute Gasteiger partial charge is 0.163 e. The van der Waals surface area contributed by atoms with Crippen LogP contribution < -0.4 is 4.74 Å². The fraction of sp³-hybridized carbons (Fsp3) is 0.278. The van der Waals surface area contributed by atoms with Crippen LogP contribution in [0.2, 0.25) is 0 Å². The molecule has 1 atom stereocenters. The lowest BCUT2D eigenvalue weighted by Crippen LogP contribution is -2.03. The molecule has 0 aliphatic rings. The number of ketones is 1. The molecule has 0 spiro atoms. The second-order valence-electron chi connectivity index (χ2n) is 5.42. The van der Waals surface area contributed by atoms with Crippen molar-refractivity contribution in [1.82, 2.24) is 0 Å². The third-order valence-electron chi connectivity index (χ3n) is 3.60. The molecule has 5 nitrogen and oxygen atoms in total. The van der Waals surface area contributed by atoms with Crippen LogP contribution in [0.5, 0.6) is 11.5 Å². The van der Waals surface area contributed by atoms with E-state index in [0.717, 1.165) is 6.42 Å². The van der Waals surface area contributed by atoms with Crippen molar-refractivity contribution in [2.24, 2.45) is 0 Å². The molecule has 0 radical (unpaired) electrons. The van der Waals surface area contributed by atoms with Gasteiger partial charge in [-0.05, 0) is 54.3 Å². The highest BCUT2D eigenvalue weighted by Gasteiger charge is 2.16. The average Bonchev–Trinajstić information content (AvgIpc) is 2.55. The molecule has 2 rings (SSSR count). The van der Waals surface area contributed by atoms with Crippen LogP contribution in [0, 0.1) is 0 Å². The van der Waals surface area contributed by atoms with E-state index in [4.69, 9.17) is 4.74 Å². The van der Waals surface area contributed by atoms with Gasteiger partial charge in [-0.3, -0.25) is 9.00 Å². The van der Waals surface area contributed by atoms with Crippen LogP contribution in [0.3, 0.4) is 0 Å². The summed E-state index contributed by atoms with van der Waals surface area (Å²) >= 11 is -2.29. The Bertz CT molecular complexity index is 770. The number of benzene rings is 2. The molecule has 2 aromatic rings. The second kappa shape index (κ2) is 8.08. The van der Waals surface area contributed by atoms with Gasteiger partial charge in [-0.25, -0.2) is 0 Å². The number of carbonyl (C=O) groups excluding carboxylic acids is 1. The lowest BCUT2D eigenvalue weighted by molar-refractivity contribution is 0.101. The van der Waals surface area contributed by atoms with Gasteiger partial charge >= 0.3 is 0 Å². The van der Waals surface area contributed by atoms with E-state index in [2.05, 4.69) is 0 Å². The first-order valence-corrected chi connectivity index (χ1v) is 8.68. The molecule has 24 heavy (non-hydrogen) atoms. The first kappa shape index (κ1) is 18.2. The molecule has 0 aliphatic carbocycles. The van der Waals surface area contributed by atoms with Gasteiger partial charge in [-0.1, -0.05) is 25.5 Å². The van der Waals surface area contributed by atoms with E-state index in [1.807, 2.05) is 6.92 Å².